The van der Waals surface area contributed by atoms with E-state index in [9.17, 15) is 14.4 Å². The van der Waals surface area contributed by atoms with E-state index < -0.39 is 5.92 Å². The van der Waals surface area contributed by atoms with Crippen molar-refractivity contribution in [2.24, 2.45) is 5.92 Å². The van der Waals surface area contributed by atoms with E-state index in [2.05, 4.69) is 10.6 Å². The first-order valence-corrected chi connectivity index (χ1v) is 10.1. The molecule has 1 heterocycles. The lowest BCUT2D eigenvalue weighted by Gasteiger charge is -2.18. The molecule has 2 N–H and O–H groups in total. The summed E-state index contributed by atoms with van der Waals surface area (Å²) >= 11 is 0. The number of hydrogen-bond donors (Lipinski definition) is 2. The number of hydrogen-bond acceptors (Lipinski definition) is 4. The number of nitrogens with one attached hydrogen (secondary N) is 2. The monoisotopic (exact) mass is 409 g/mol. The van der Waals surface area contributed by atoms with Gasteiger partial charge in [0.25, 0.3) is 5.91 Å². The highest BCUT2D eigenvalue weighted by Gasteiger charge is 2.35. The summed E-state index contributed by atoms with van der Waals surface area (Å²) in [6.07, 6.45) is 0.124. The van der Waals surface area contributed by atoms with Crippen molar-refractivity contribution in [3.8, 4) is 5.75 Å². The first-order chi connectivity index (χ1) is 14.4. The van der Waals surface area contributed by atoms with Gasteiger partial charge in [-0.2, -0.15) is 0 Å². The molecule has 3 rings (SSSR count). The molecule has 0 aliphatic carbocycles. The van der Waals surface area contributed by atoms with Crippen molar-refractivity contribution in [2.45, 2.75) is 33.2 Å². The summed E-state index contributed by atoms with van der Waals surface area (Å²) in [6.45, 7) is 6.52. The van der Waals surface area contributed by atoms with Crippen LogP contribution in [-0.4, -0.2) is 36.9 Å². The molecule has 0 radical (unpaired) electrons. The van der Waals surface area contributed by atoms with Crippen LogP contribution in [0.1, 0.15) is 37.6 Å². The summed E-state index contributed by atoms with van der Waals surface area (Å²) in [7, 11) is 0. The lowest BCUT2D eigenvalue weighted by atomic mass is 10.1. The van der Waals surface area contributed by atoms with Gasteiger partial charge in [-0.05, 0) is 57.2 Å². The first-order valence-electron chi connectivity index (χ1n) is 10.1. The van der Waals surface area contributed by atoms with Gasteiger partial charge in [-0.3, -0.25) is 14.4 Å². The Bertz CT molecular complexity index is 924. The highest BCUT2D eigenvalue weighted by molar-refractivity contribution is 6.07. The highest BCUT2D eigenvalue weighted by atomic mass is 16.5. The summed E-state index contributed by atoms with van der Waals surface area (Å²) in [5.41, 5.74) is 1.57. The summed E-state index contributed by atoms with van der Waals surface area (Å²) < 4.78 is 5.43. The summed E-state index contributed by atoms with van der Waals surface area (Å²) in [5, 5.41) is 5.65. The van der Waals surface area contributed by atoms with Gasteiger partial charge in [0.2, 0.25) is 11.8 Å². The van der Waals surface area contributed by atoms with Gasteiger partial charge in [0, 0.05) is 24.7 Å². The van der Waals surface area contributed by atoms with E-state index in [1.165, 1.54) is 0 Å². The zero-order valence-electron chi connectivity index (χ0n) is 17.5. The Morgan fingerprint density at radius 2 is 1.83 bits per heavy atom. The molecule has 3 amide bonds. The molecule has 0 unspecified atom stereocenters. The second-order valence-corrected chi connectivity index (χ2v) is 7.50. The third kappa shape index (κ3) is 4.97. The Morgan fingerprint density at radius 3 is 2.50 bits per heavy atom. The number of carbonyl (C=O) groups excluding carboxylic acids is 3. The molecule has 0 saturated carbocycles. The van der Waals surface area contributed by atoms with Gasteiger partial charge in [-0.25, -0.2) is 0 Å². The number of nitrogens with zero attached hydrogens (tertiary/aromatic N) is 1. The number of rotatable bonds is 7. The second-order valence-electron chi connectivity index (χ2n) is 7.50. The maximum Gasteiger partial charge on any atom is 0.253 e. The molecular weight excluding hydrogens is 382 g/mol. The third-order valence-electron chi connectivity index (χ3n) is 4.80. The zero-order valence-corrected chi connectivity index (χ0v) is 17.5. The SMILES string of the molecule is CCOc1ccc(N2C[C@@H](C(=O)Nc3ccccc3C(=O)NC(C)C)CC2=O)cc1. The van der Waals surface area contributed by atoms with Crippen molar-refractivity contribution in [2.75, 3.05) is 23.4 Å². The summed E-state index contributed by atoms with van der Waals surface area (Å²) in [5.74, 6) is -0.394. The maximum absolute atomic E-state index is 12.8. The molecule has 1 aliphatic heterocycles. The fourth-order valence-electron chi connectivity index (χ4n) is 3.39. The first kappa shape index (κ1) is 21.4. The van der Waals surface area contributed by atoms with E-state index in [1.807, 2.05) is 45.0 Å². The predicted molar refractivity (Wildman–Crippen MR) is 116 cm³/mol. The molecule has 30 heavy (non-hydrogen) atoms. The van der Waals surface area contributed by atoms with Gasteiger partial charge >= 0.3 is 0 Å². The van der Waals surface area contributed by atoms with Gasteiger partial charge in [0.05, 0.1) is 23.8 Å². The second kappa shape index (κ2) is 9.43. The number of anilines is 2. The quantitative estimate of drug-likeness (QED) is 0.735. The molecule has 1 atom stereocenters. The van der Waals surface area contributed by atoms with Gasteiger partial charge in [-0.1, -0.05) is 12.1 Å². The number of para-hydroxylation sites is 1. The minimum Gasteiger partial charge on any atom is -0.494 e. The lowest BCUT2D eigenvalue weighted by Crippen LogP contribution is -2.32. The van der Waals surface area contributed by atoms with E-state index in [1.54, 1.807) is 29.2 Å². The Kier molecular flexibility index (Phi) is 6.72. The molecule has 7 heteroatoms. The van der Waals surface area contributed by atoms with Crippen LogP contribution in [-0.2, 0) is 9.59 Å². The molecule has 0 bridgehead atoms. The standard InChI is InChI=1S/C23H27N3O4/c1-4-30-18-11-9-17(10-12-18)26-14-16(13-21(26)27)22(28)25-20-8-6-5-7-19(20)23(29)24-15(2)3/h5-12,15-16H,4,13-14H2,1-3H3,(H,24,29)(H,25,28)/t16-/m0/s1. The number of benzene rings is 2. The van der Waals surface area contributed by atoms with Crippen LogP contribution in [0.4, 0.5) is 11.4 Å². The average molecular weight is 409 g/mol. The lowest BCUT2D eigenvalue weighted by molar-refractivity contribution is -0.122. The average Bonchev–Trinajstić information content (AvgIpc) is 3.10. The molecule has 0 spiro atoms. The Labute approximate surface area is 176 Å². The van der Waals surface area contributed by atoms with Crippen LogP contribution < -0.4 is 20.3 Å². The third-order valence-corrected chi connectivity index (χ3v) is 4.80. The van der Waals surface area contributed by atoms with Gasteiger partial charge in [0.15, 0.2) is 0 Å². The van der Waals surface area contributed by atoms with Crippen molar-refractivity contribution in [3.63, 3.8) is 0 Å². The maximum atomic E-state index is 12.8. The van der Waals surface area contributed by atoms with Crippen LogP contribution in [0, 0.1) is 5.92 Å². The topological polar surface area (TPSA) is 87.7 Å². The minimum atomic E-state index is -0.495. The Hall–Kier alpha value is -3.35. The van der Waals surface area contributed by atoms with Gasteiger partial charge in [0.1, 0.15) is 5.75 Å². The van der Waals surface area contributed by atoms with Crippen molar-refractivity contribution in [3.05, 3.63) is 54.1 Å². The molecule has 2 aromatic carbocycles. The van der Waals surface area contributed by atoms with Crippen LogP contribution in [0.15, 0.2) is 48.5 Å². The van der Waals surface area contributed by atoms with E-state index in [4.69, 9.17) is 4.74 Å². The van der Waals surface area contributed by atoms with Crippen molar-refractivity contribution in [1.29, 1.82) is 0 Å². The Balaban J connectivity index is 1.69. The highest BCUT2D eigenvalue weighted by Crippen LogP contribution is 2.28. The molecule has 1 aliphatic rings. The predicted octanol–water partition coefficient (Wildman–Crippen LogP) is 3.22. The molecule has 7 nitrogen and oxygen atoms in total. The smallest absolute Gasteiger partial charge is 0.253 e. The van der Waals surface area contributed by atoms with E-state index in [0.717, 1.165) is 11.4 Å². The fourth-order valence-corrected chi connectivity index (χ4v) is 3.39. The molecule has 1 saturated heterocycles. The summed E-state index contributed by atoms with van der Waals surface area (Å²) in [6, 6.07) is 14.1. The van der Waals surface area contributed by atoms with E-state index >= 15 is 0 Å². The van der Waals surface area contributed by atoms with Crippen LogP contribution in [0.5, 0.6) is 5.75 Å². The number of ether oxygens (including phenoxy) is 1. The van der Waals surface area contributed by atoms with Crippen LogP contribution in [0.25, 0.3) is 0 Å². The van der Waals surface area contributed by atoms with Crippen molar-refractivity contribution < 1.29 is 19.1 Å². The van der Waals surface area contributed by atoms with Crippen molar-refractivity contribution in [1.82, 2.24) is 5.32 Å². The largest absolute Gasteiger partial charge is 0.494 e. The fraction of sp³-hybridized carbons (Fsp3) is 0.348. The number of amides is 3. The normalized spacial score (nSPS) is 15.9. The van der Waals surface area contributed by atoms with E-state index in [0.29, 0.717) is 24.4 Å². The molecule has 0 aromatic heterocycles. The van der Waals surface area contributed by atoms with Gasteiger partial charge < -0.3 is 20.3 Å². The molecular formula is C23H27N3O4. The summed E-state index contributed by atoms with van der Waals surface area (Å²) in [4.78, 5) is 39.3. The Morgan fingerprint density at radius 1 is 1.13 bits per heavy atom. The zero-order chi connectivity index (χ0) is 21.7. The van der Waals surface area contributed by atoms with Crippen LogP contribution >= 0.6 is 0 Å². The van der Waals surface area contributed by atoms with Crippen LogP contribution in [0.2, 0.25) is 0 Å². The molecule has 2 aromatic rings. The number of carbonyl (C=O) groups is 3. The molecule has 1 fully saturated rings. The minimum absolute atomic E-state index is 0.0172. The molecule has 158 valence electrons. The van der Waals surface area contributed by atoms with Crippen LogP contribution in [0.3, 0.4) is 0 Å². The van der Waals surface area contributed by atoms with Crippen molar-refractivity contribution >= 4 is 29.1 Å². The van der Waals surface area contributed by atoms with Gasteiger partial charge in [-0.15, -0.1) is 0 Å². The van der Waals surface area contributed by atoms with E-state index in [-0.39, 0.29) is 30.2 Å².